The Morgan fingerprint density at radius 3 is 2.39 bits per heavy atom. The number of nitro benzene ring substituents is 1. The van der Waals surface area contributed by atoms with Crippen LogP contribution in [0.1, 0.15) is 48.4 Å². The predicted octanol–water partition coefficient (Wildman–Crippen LogP) is 3.72. The molecule has 2 aromatic rings. The summed E-state index contributed by atoms with van der Waals surface area (Å²) in [6.07, 6.45) is -0.631. The Morgan fingerprint density at radius 2 is 1.79 bits per heavy atom. The van der Waals surface area contributed by atoms with Crippen molar-refractivity contribution in [2.75, 3.05) is 0 Å². The van der Waals surface area contributed by atoms with Gasteiger partial charge in [-0.25, -0.2) is 9.59 Å². The van der Waals surface area contributed by atoms with Crippen LogP contribution in [0.5, 0.6) is 0 Å². The van der Waals surface area contributed by atoms with Gasteiger partial charge in [-0.05, 0) is 44.0 Å². The summed E-state index contributed by atoms with van der Waals surface area (Å²) >= 11 is 0. The first-order chi connectivity index (χ1) is 13.3. The number of ether oxygens (including phenoxy) is 1. The lowest BCUT2D eigenvalue weighted by molar-refractivity contribution is -0.385. The average Bonchev–Trinajstić information content (AvgIpc) is 2.66. The molecule has 1 atom stereocenters. The van der Waals surface area contributed by atoms with E-state index < -0.39 is 17.0 Å². The minimum Gasteiger partial charge on any atom is -0.454 e. The maximum atomic E-state index is 12.3. The highest BCUT2D eigenvalue weighted by Gasteiger charge is 2.16. The van der Waals surface area contributed by atoms with Crippen LogP contribution in [0.3, 0.4) is 0 Å². The van der Waals surface area contributed by atoms with Crippen LogP contribution in [0.25, 0.3) is 0 Å². The lowest BCUT2D eigenvalue weighted by Crippen LogP contribution is -2.39. The topological polar surface area (TPSA) is 111 Å². The molecule has 148 valence electrons. The number of carbonyl (C=O) groups excluding carboxylic acids is 2. The average molecular weight is 385 g/mol. The summed E-state index contributed by atoms with van der Waals surface area (Å²) in [7, 11) is 0. The minimum atomic E-state index is -0.631. The number of hydrogen-bond donors (Lipinski definition) is 2. The van der Waals surface area contributed by atoms with Gasteiger partial charge >= 0.3 is 12.0 Å². The number of amides is 2. The van der Waals surface area contributed by atoms with Crippen LogP contribution in [-0.2, 0) is 11.3 Å². The number of rotatable bonds is 7. The molecule has 2 amide bonds. The molecule has 0 saturated heterocycles. The number of nitrogens with zero attached hydrogens (tertiary/aromatic N) is 1. The normalized spacial score (nSPS) is 11.6. The predicted molar refractivity (Wildman–Crippen MR) is 104 cm³/mol. The van der Waals surface area contributed by atoms with E-state index in [1.807, 2.05) is 13.8 Å². The first kappa shape index (κ1) is 20.9. The van der Waals surface area contributed by atoms with Gasteiger partial charge in [0.1, 0.15) is 6.10 Å². The molecule has 0 fully saturated rings. The van der Waals surface area contributed by atoms with Crippen molar-refractivity contribution < 1.29 is 19.2 Å². The van der Waals surface area contributed by atoms with Gasteiger partial charge in [0.25, 0.3) is 5.69 Å². The Kier molecular flexibility index (Phi) is 7.08. The fourth-order valence-corrected chi connectivity index (χ4v) is 2.44. The number of non-ortho nitro benzene ring substituents is 1. The van der Waals surface area contributed by atoms with Crippen LogP contribution in [-0.4, -0.2) is 23.0 Å². The summed E-state index contributed by atoms with van der Waals surface area (Å²) in [6.45, 7) is 5.73. The summed E-state index contributed by atoms with van der Waals surface area (Å²) in [5.74, 6) is -0.531. The van der Waals surface area contributed by atoms with Crippen molar-refractivity contribution in [2.24, 2.45) is 0 Å². The summed E-state index contributed by atoms with van der Waals surface area (Å²) in [6, 6.07) is 12.4. The summed E-state index contributed by atoms with van der Waals surface area (Å²) < 4.78 is 5.40. The van der Waals surface area contributed by atoms with E-state index in [-0.39, 0.29) is 17.8 Å². The molecule has 0 bridgehead atoms. The molecule has 28 heavy (non-hydrogen) atoms. The van der Waals surface area contributed by atoms with E-state index in [1.165, 1.54) is 12.1 Å². The van der Waals surface area contributed by atoms with Gasteiger partial charge < -0.3 is 15.4 Å². The van der Waals surface area contributed by atoms with Gasteiger partial charge in [0.05, 0.1) is 10.5 Å². The first-order valence-electron chi connectivity index (χ1n) is 8.85. The Bertz CT molecular complexity index is 849. The van der Waals surface area contributed by atoms with E-state index in [2.05, 4.69) is 10.6 Å². The number of carbonyl (C=O) groups is 2. The zero-order valence-electron chi connectivity index (χ0n) is 16.0. The Labute approximate surface area is 163 Å². The van der Waals surface area contributed by atoms with Crippen molar-refractivity contribution in [3.05, 3.63) is 75.3 Å². The van der Waals surface area contributed by atoms with E-state index in [1.54, 1.807) is 43.3 Å². The Hall–Kier alpha value is -3.42. The van der Waals surface area contributed by atoms with Gasteiger partial charge in [-0.2, -0.15) is 0 Å². The number of urea groups is 1. The van der Waals surface area contributed by atoms with E-state index in [4.69, 9.17) is 4.74 Å². The number of benzene rings is 2. The van der Waals surface area contributed by atoms with Crippen molar-refractivity contribution in [3.63, 3.8) is 0 Å². The van der Waals surface area contributed by atoms with Crippen molar-refractivity contribution in [1.82, 2.24) is 10.6 Å². The summed E-state index contributed by atoms with van der Waals surface area (Å²) in [5, 5.41) is 16.3. The largest absolute Gasteiger partial charge is 0.454 e. The second kappa shape index (κ2) is 9.50. The number of nitrogens with one attached hydrogen (secondary N) is 2. The van der Waals surface area contributed by atoms with Gasteiger partial charge in [-0.1, -0.05) is 24.3 Å². The Morgan fingerprint density at radius 1 is 1.11 bits per heavy atom. The van der Waals surface area contributed by atoms with Crippen LogP contribution in [0.4, 0.5) is 10.5 Å². The molecule has 0 spiro atoms. The molecular formula is C20H23N3O5. The van der Waals surface area contributed by atoms with Crippen LogP contribution in [0.2, 0.25) is 0 Å². The van der Waals surface area contributed by atoms with E-state index >= 15 is 0 Å². The molecule has 0 unspecified atom stereocenters. The molecule has 0 aromatic heterocycles. The highest BCUT2D eigenvalue weighted by Crippen LogP contribution is 2.22. The van der Waals surface area contributed by atoms with Crippen molar-refractivity contribution in [3.8, 4) is 0 Å². The van der Waals surface area contributed by atoms with Crippen molar-refractivity contribution >= 4 is 17.7 Å². The maximum Gasteiger partial charge on any atom is 0.338 e. The summed E-state index contributed by atoms with van der Waals surface area (Å²) in [4.78, 5) is 34.3. The standard InChI is InChI=1S/C20H23N3O5/c1-13(2)22-20(25)21-12-15-7-9-16(10-8-15)19(24)28-14(3)17-5-4-6-18(11-17)23(26)27/h4-11,13-14H,12H2,1-3H3,(H2,21,22,25)/t14-/m0/s1. The molecule has 0 heterocycles. The van der Waals surface area contributed by atoms with E-state index in [9.17, 15) is 19.7 Å². The van der Waals surface area contributed by atoms with Gasteiger partial charge in [0.2, 0.25) is 0 Å². The molecule has 8 heteroatoms. The number of nitro groups is 1. The molecular weight excluding hydrogens is 362 g/mol. The van der Waals surface area contributed by atoms with Crippen LogP contribution >= 0.6 is 0 Å². The van der Waals surface area contributed by atoms with Gasteiger partial charge in [-0.3, -0.25) is 10.1 Å². The number of esters is 1. The molecule has 0 aliphatic carbocycles. The van der Waals surface area contributed by atoms with Gasteiger partial charge in [-0.15, -0.1) is 0 Å². The van der Waals surface area contributed by atoms with Crippen LogP contribution in [0, 0.1) is 10.1 Å². The summed E-state index contributed by atoms with van der Waals surface area (Å²) in [5.41, 5.74) is 1.67. The van der Waals surface area contributed by atoms with E-state index in [0.29, 0.717) is 17.7 Å². The Balaban J connectivity index is 1.94. The first-order valence-corrected chi connectivity index (χ1v) is 8.85. The molecule has 0 aliphatic rings. The monoisotopic (exact) mass is 385 g/mol. The highest BCUT2D eigenvalue weighted by atomic mass is 16.6. The molecule has 2 aromatic carbocycles. The lowest BCUT2D eigenvalue weighted by atomic mass is 10.1. The van der Waals surface area contributed by atoms with Crippen molar-refractivity contribution in [1.29, 1.82) is 0 Å². The van der Waals surface area contributed by atoms with Crippen LogP contribution < -0.4 is 10.6 Å². The zero-order chi connectivity index (χ0) is 20.7. The lowest BCUT2D eigenvalue weighted by Gasteiger charge is -2.14. The smallest absolute Gasteiger partial charge is 0.338 e. The third-order valence-electron chi connectivity index (χ3n) is 3.90. The van der Waals surface area contributed by atoms with Crippen LogP contribution in [0.15, 0.2) is 48.5 Å². The molecule has 2 rings (SSSR count). The van der Waals surface area contributed by atoms with E-state index in [0.717, 1.165) is 5.56 Å². The molecule has 0 radical (unpaired) electrons. The molecule has 2 N–H and O–H groups in total. The third kappa shape index (κ3) is 6.08. The van der Waals surface area contributed by atoms with Gasteiger partial charge in [0.15, 0.2) is 0 Å². The maximum absolute atomic E-state index is 12.3. The minimum absolute atomic E-state index is 0.0465. The number of hydrogen-bond acceptors (Lipinski definition) is 5. The van der Waals surface area contributed by atoms with Gasteiger partial charge in [0, 0.05) is 24.7 Å². The fraction of sp³-hybridized carbons (Fsp3) is 0.300. The quantitative estimate of drug-likeness (QED) is 0.429. The second-order valence-electron chi connectivity index (χ2n) is 6.58. The third-order valence-corrected chi connectivity index (χ3v) is 3.90. The molecule has 0 aliphatic heterocycles. The fourth-order valence-electron chi connectivity index (χ4n) is 2.44. The zero-order valence-corrected chi connectivity index (χ0v) is 16.0. The van der Waals surface area contributed by atoms with Crippen molar-refractivity contribution in [2.45, 2.75) is 39.5 Å². The highest BCUT2D eigenvalue weighted by molar-refractivity contribution is 5.89. The molecule has 0 saturated carbocycles. The second-order valence-corrected chi connectivity index (χ2v) is 6.58. The SMILES string of the molecule is CC(C)NC(=O)NCc1ccc(C(=O)O[C@@H](C)c2cccc([N+](=O)[O-])c2)cc1. The molecule has 8 nitrogen and oxygen atoms in total.